The van der Waals surface area contributed by atoms with E-state index in [1.165, 1.54) is 17.9 Å². The predicted octanol–water partition coefficient (Wildman–Crippen LogP) is 2.30. The van der Waals surface area contributed by atoms with E-state index in [1.54, 1.807) is 0 Å². The first kappa shape index (κ1) is 11.4. The smallest absolute Gasteiger partial charge is 0.275 e. The van der Waals surface area contributed by atoms with Crippen LogP contribution in [0.3, 0.4) is 0 Å². The molecule has 0 unspecified atom stereocenters. The maximum atomic E-state index is 12.4. The summed E-state index contributed by atoms with van der Waals surface area (Å²) >= 11 is 3.96. The van der Waals surface area contributed by atoms with Crippen LogP contribution in [0.1, 0.15) is 17.7 Å². The first-order chi connectivity index (χ1) is 6.45. The van der Waals surface area contributed by atoms with E-state index < -0.39 is 11.9 Å². The molecule has 1 aromatic rings. The third-order valence-electron chi connectivity index (χ3n) is 1.78. The van der Waals surface area contributed by atoms with E-state index >= 15 is 0 Å². The largest absolute Gasteiger partial charge is 0.435 e. The van der Waals surface area contributed by atoms with Gasteiger partial charge in [-0.1, -0.05) is 0 Å². The Morgan fingerprint density at radius 3 is 2.64 bits per heavy atom. The molecule has 0 radical (unpaired) electrons. The van der Waals surface area contributed by atoms with Gasteiger partial charge in [0.2, 0.25) is 0 Å². The van der Waals surface area contributed by atoms with Crippen molar-refractivity contribution in [1.29, 1.82) is 0 Å². The highest BCUT2D eigenvalue weighted by Gasteiger charge is 2.36. The van der Waals surface area contributed by atoms with Gasteiger partial charge in [-0.25, -0.2) is 0 Å². The van der Waals surface area contributed by atoms with Crippen LogP contribution in [-0.4, -0.2) is 15.5 Å². The van der Waals surface area contributed by atoms with Gasteiger partial charge in [-0.15, -0.1) is 0 Å². The summed E-state index contributed by atoms with van der Waals surface area (Å²) in [5, 5.41) is 3.40. The van der Waals surface area contributed by atoms with E-state index in [9.17, 15) is 13.2 Å². The van der Waals surface area contributed by atoms with Crippen LogP contribution >= 0.6 is 12.6 Å². The number of nitrogens with zero attached hydrogens (tertiary/aromatic N) is 2. The number of hydrogen-bond acceptors (Lipinski definition) is 2. The fraction of sp³-hybridized carbons (Fsp3) is 0.625. The van der Waals surface area contributed by atoms with E-state index in [0.29, 0.717) is 18.6 Å². The van der Waals surface area contributed by atoms with Crippen LogP contribution in [0.25, 0.3) is 0 Å². The number of alkyl halides is 3. The standard InChI is InChI=1S/C8H11F3N2S/c1-13-5-6(3-2-4-14)7(12-13)8(9,10)11/h5,14H,2-4H2,1H3. The molecule has 0 amide bonds. The van der Waals surface area contributed by atoms with E-state index in [4.69, 9.17) is 0 Å². The van der Waals surface area contributed by atoms with Gasteiger partial charge in [-0.2, -0.15) is 30.9 Å². The molecule has 0 aliphatic carbocycles. The Kier molecular flexibility index (Phi) is 3.47. The Morgan fingerprint density at radius 1 is 1.50 bits per heavy atom. The average molecular weight is 224 g/mol. The van der Waals surface area contributed by atoms with Gasteiger partial charge in [0.15, 0.2) is 5.69 Å². The van der Waals surface area contributed by atoms with Crippen molar-refractivity contribution in [3.63, 3.8) is 0 Å². The van der Waals surface area contributed by atoms with E-state index in [1.807, 2.05) is 0 Å². The average Bonchev–Trinajstić information content (AvgIpc) is 2.42. The molecule has 0 spiro atoms. The Balaban J connectivity index is 2.91. The molecule has 80 valence electrons. The van der Waals surface area contributed by atoms with Gasteiger partial charge in [0.1, 0.15) is 0 Å². The molecule has 0 aliphatic rings. The Labute approximate surface area is 85.5 Å². The molecular weight excluding hydrogens is 213 g/mol. The van der Waals surface area contributed by atoms with Crippen molar-refractivity contribution < 1.29 is 13.2 Å². The SMILES string of the molecule is Cn1cc(CCCS)c(C(F)(F)F)n1. The molecule has 0 bridgehead atoms. The maximum absolute atomic E-state index is 12.4. The molecule has 1 rings (SSSR count). The first-order valence-electron chi connectivity index (χ1n) is 4.15. The van der Waals surface area contributed by atoms with E-state index in [-0.39, 0.29) is 5.56 Å². The van der Waals surface area contributed by atoms with Crippen LogP contribution in [0.2, 0.25) is 0 Å². The van der Waals surface area contributed by atoms with E-state index in [0.717, 1.165) is 0 Å². The monoisotopic (exact) mass is 224 g/mol. The highest BCUT2D eigenvalue weighted by Crippen LogP contribution is 2.30. The van der Waals surface area contributed by atoms with Gasteiger partial charge in [0.25, 0.3) is 0 Å². The van der Waals surface area contributed by atoms with Crippen LogP contribution in [-0.2, 0) is 19.6 Å². The predicted molar refractivity (Wildman–Crippen MR) is 50.4 cm³/mol. The zero-order chi connectivity index (χ0) is 10.8. The van der Waals surface area contributed by atoms with E-state index in [2.05, 4.69) is 17.7 Å². The van der Waals surface area contributed by atoms with Crippen molar-refractivity contribution in [3.8, 4) is 0 Å². The molecule has 0 saturated heterocycles. The van der Waals surface area contributed by atoms with Crippen molar-refractivity contribution in [2.75, 3.05) is 5.75 Å². The summed E-state index contributed by atoms with van der Waals surface area (Å²) in [7, 11) is 1.49. The quantitative estimate of drug-likeness (QED) is 0.780. The van der Waals surface area contributed by atoms with Crippen molar-refractivity contribution in [2.45, 2.75) is 19.0 Å². The summed E-state index contributed by atoms with van der Waals surface area (Å²) in [5.41, 5.74) is -0.532. The number of aromatic nitrogens is 2. The lowest BCUT2D eigenvalue weighted by Gasteiger charge is -2.04. The lowest BCUT2D eigenvalue weighted by atomic mass is 10.1. The molecule has 14 heavy (non-hydrogen) atoms. The second-order valence-electron chi connectivity index (χ2n) is 3.00. The summed E-state index contributed by atoms with van der Waals surface area (Å²) in [5.74, 6) is 0.576. The van der Waals surface area contributed by atoms with Crippen molar-refractivity contribution in [2.24, 2.45) is 7.05 Å². The highest BCUT2D eigenvalue weighted by molar-refractivity contribution is 7.80. The number of halogens is 3. The van der Waals surface area contributed by atoms with Gasteiger partial charge in [-0.3, -0.25) is 4.68 Å². The first-order valence-corrected chi connectivity index (χ1v) is 4.79. The Bertz CT molecular complexity index is 306. The Morgan fingerprint density at radius 2 is 2.14 bits per heavy atom. The molecule has 1 aromatic heterocycles. The third kappa shape index (κ3) is 2.67. The summed E-state index contributed by atoms with van der Waals surface area (Å²) in [6.45, 7) is 0. The minimum atomic E-state index is -4.35. The summed E-state index contributed by atoms with van der Waals surface area (Å²) in [6, 6.07) is 0. The van der Waals surface area contributed by atoms with Gasteiger partial charge in [-0.05, 0) is 18.6 Å². The van der Waals surface area contributed by atoms with Crippen molar-refractivity contribution in [1.82, 2.24) is 9.78 Å². The number of aryl methyl sites for hydroxylation is 2. The molecule has 0 atom stereocenters. The molecular formula is C8H11F3N2S. The zero-order valence-electron chi connectivity index (χ0n) is 7.67. The molecule has 0 saturated carbocycles. The van der Waals surface area contributed by atoms with Gasteiger partial charge >= 0.3 is 6.18 Å². The lowest BCUT2D eigenvalue weighted by Crippen LogP contribution is -2.09. The van der Waals surface area contributed by atoms with Gasteiger partial charge in [0, 0.05) is 18.8 Å². The van der Waals surface area contributed by atoms with Gasteiger partial charge < -0.3 is 0 Å². The lowest BCUT2D eigenvalue weighted by molar-refractivity contribution is -0.142. The summed E-state index contributed by atoms with van der Waals surface area (Å²) in [6.07, 6.45) is -1.95. The van der Waals surface area contributed by atoms with Crippen molar-refractivity contribution in [3.05, 3.63) is 17.5 Å². The highest BCUT2D eigenvalue weighted by atomic mass is 32.1. The second-order valence-corrected chi connectivity index (χ2v) is 3.45. The number of hydrogen-bond donors (Lipinski definition) is 1. The van der Waals surface area contributed by atoms with Crippen LogP contribution in [0.5, 0.6) is 0 Å². The summed E-state index contributed by atoms with van der Waals surface area (Å²) in [4.78, 5) is 0. The number of rotatable bonds is 3. The molecule has 0 fully saturated rings. The maximum Gasteiger partial charge on any atom is 0.435 e. The minimum absolute atomic E-state index is 0.244. The fourth-order valence-corrected chi connectivity index (χ4v) is 1.39. The molecule has 1 heterocycles. The molecule has 6 heteroatoms. The molecule has 2 nitrogen and oxygen atoms in total. The number of thiol groups is 1. The molecule has 0 aliphatic heterocycles. The normalized spacial score (nSPS) is 12.1. The van der Waals surface area contributed by atoms with Crippen LogP contribution in [0, 0.1) is 0 Å². The third-order valence-corrected chi connectivity index (χ3v) is 2.09. The zero-order valence-corrected chi connectivity index (χ0v) is 8.57. The molecule has 0 N–H and O–H groups in total. The molecule has 0 aromatic carbocycles. The minimum Gasteiger partial charge on any atom is -0.275 e. The van der Waals surface area contributed by atoms with Crippen molar-refractivity contribution >= 4 is 12.6 Å². The Hall–Kier alpha value is -0.650. The van der Waals surface area contributed by atoms with Crippen LogP contribution < -0.4 is 0 Å². The van der Waals surface area contributed by atoms with Gasteiger partial charge in [0.05, 0.1) is 0 Å². The van der Waals surface area contributed by atoms with Crippen LogP contribution in [0.15, 0.2) is 6.20 Å². The summed E-state index contributed by atoms with van der Waals surface area (Å²) < 4.78 is 38.4. The topological polar surface area (TPSA) is 17.8 Å². The fourth-order valence-electron chi connectivity index (χ4n) is 1.23. The second kappa shape index (κ2) is 4.25. The van der Waals surface area contributed by atoms with Crippen LogP contribution in [0.4, 0.5) is 13.2 Å².